The molecule has 1 aliphatic rings. The minimum absolute atomic E-state index is 0.514. The summed E-state index contributed by atoms with van der Waals surface area (Å²) >= 11 is 5.53. The van der Waals surface area contributed by atoms with Crippen LogP contribution in [-0.4, -0.2) is 22.5 Å². The van der Waals surface area contributed by atoms with Gasteiger partial charge >= 0.3 is 0 Å². The van der Waals surface area contributed by atoms with E-state index in [0.717, 1.165) is 32.0 Å². The molecule has 2 aromatic rings. The molecule has 0 unspecified atom stereocenters. The Kier molecular flexibility index (Phi) is 4.60. The van der Waals surface area contributed by atoms with Gasteiger partial charge in [-0.3, -0.25) is 4.98 Å². The minimum atomic E-state index is 0.514. The molecule has 1 aliphatic carbocycles. The van der Waals surface area contributed by atoms with Crippen molar-refractivity contribution >= 4 is 50.0 Å². The topological polar surface area (TPSA) is 50.9 Å². The normalized spacial score (nSPS) is 22.4. The number of thioether (sulfide) groups is 1. The Morgan fingerprint density at radius 3 is 2.76 bits per heavy atom. The van der Waals surface area contributed by atoms with Crippen molar-refractivity contribution in [1.82, 2.24) is 4.98 Å². The lowest BCUT2D eigenvalue weighted by molar-refractivity contribution is 0.473. The van der Waals surface area contributed by atoms with Crippen LogP contribution >= 0.6 is 27.7 Å². The maximum Gasteiger partial charge on any atom is 0.0743 e. The Labute approximate surface area is 138 Å². The van der Waals surface area contributed by atoms with Crippen molar-refractivity contribution in [2.24, 2.45) is 0 Å². The first kappa shape index (κ1) is 15.0. The van der Waals surface area contributed by atoms with Gasteiger partial charge in [0.25, 0.3) is 0 Å². The summed E-state index contributed by atoms with van der Waals surface area (Å²) in [6.45, 7) is 0. The predicted octanol–water partition coefficient (Wildman–Crippen LogP) is 4.67. The summed E-state index contributed by atoms with van der Waals surface area (Å²) in [6.07, 6.45) is 8.96. The van der Waals surface area contributed by atoms with Crippen LogP contribution in [0.25, 0.3) is 10.9 Å². The Morgan fingerprint density at radius 1 is 1.29 bits per heavy atom. The van der Waals surface area contributed by atoms with Crippen molar-refractivity contribution in [2.75, 3.05) is 17.3 Å². The summed E-state index contributed by atoms with van der Waals surface area (Å²) in [4.78, 5) is 4.41. The van der Waals surface area contributed by atoms with Crippen molar-refractivity contribution in [3.63, 3.8) is 0 Å². The fraction of sp³-hybridized carbons (Fsp3) is 0.438. The van der Waals surface area contributed by atoms with Crippen molar-refractivity contribution in [2.45, 2.75) is 37.0 Å². The molecule has 1 heterocycles. The molecule has 112 valence electrons. The number of fused-ring (bicyclic) bond motifs is 1. The molecule has 0 amide bonds. The number of nitrogens with zero attached hydrogens (tertiary/aromatic N) is 1. The van der Waals surface area contributed by atoms with Crippen LogP contribution in [0.4, 0.5) is 11.4 Å². The number of rotatable bonds is 3. The molecule has 1 fully saturated rings. The van der Waals surface area contributed by atoms with E-state index in [-0.39, 0.29) is 0 Å². The smallest absolute Gasteiger partial charge is 0.0743 e. The standard InChI is InChI=1S/C16H20BrN3S/c1-21-12-5-3-11(4-6-12)20-16-13-8-10(17)2-7-15(13)19-9-14(16)18/h2,7-9,11-12H,3-6,18H2,1H3,(H,19,20). The van der Waals surface area contributed by atoms with Gasteiger partial charge in [-0.15, -0.1) is 0 Å². The molecule has 1 aromatic carbocycles. The van der Waals surface area contributed by atoms with Crippen LogP contribution in [0.5, 0.6) is 0 Å². The Bertz CT molecular complexity index is 633. The van der Waals surface area contributed by atoms with E-state index in [2.05, 4.69) is 38.6 Å². The fourth-order valence-electron chi connectivity index (χ4n) is 2.99. The highest BCUT2D eigenvalue weighted by Gasteiger charge is 2.21. The van der Waals surface area contributed by atoms with Crippen molar-refractivity contribution < 1.29 is 0 Å². The molecule has 0 bridgehead atoms. The average Bonchev–Trinajstić information content (AvgIpc) is 2.51. The molecule has 0 spiro atoms. The third kappa shape index (κ3) is 3.29. The highest BCUT2D eigenvalue weighted by atomic mass is 79.9. The quantitative estimate of drug-likeness (QED) is 0.829. The van der Waals surface area contributed by atoms with E-state index in [4.69, 9.17) is 5.73 Å². The van der Waals surface area contributed by atoms with Gasteiger partial charge in [0, 0.05) is 21.2 Å². The Hall–Kier alpha value is -0.940. The zero-order valence-corrected chi connectivity index (χ0v) is 14.5. The third-order valence-corrected chi connectivity index (χ3v) is 5.85. The van der Waals surface area contributed by atoms with Gasteiger partial charge in [0.2, 0.25) is 0 Å². The number of nitrogens with one attached hydrogen (secondary N) is 1. The van der Waals surface area contributed by atoms with Gasteiger partial charge in [-0.1, -0.05) is 15.9 Å². The van der Waals surface area contributed by atoms with Crippen molar-refractivity contribution in [3.8, 4) is 0 Å². The van der Waals surface area contributed by atoms with Crippen molar-refractivity contribution in [3.05, 3.63) is 28.9 Å². The van der Waals surface area contributed by atoms with Crippen LogP contribution in [0.15, 0.2) is 28.9 Å². The molecule has 21 heavy (non-hydrogen) atoms. The number of hydrogen-bond donors (Lipinski definition) is 2. The first-order valence-corrected chi connectivity index (χ1v) is 9.38. The third-order valence-electron chi connectivity index (χ3n) is 4.22. The minimum Gasteiger partial charge on any atom is -0.396 e. The highest BCUT2D eigenvalue weighted by molar-refractivity contribution is 9.10. The lowest BCUT2D eigenvalue weighted by atomic mass is 9.94. The van der Waals surface area contributed by atoms with Crippen LogP contribution in [0, 0.1) is 0 Å². The number of pyridine rings is 1. The number of aromatic nitrogens is 1. The maximum absolute atomic E-state index is 6.16. The van der Waals surface area contributed by atoms with Gasteiger partial charge < -0.3 is 11.1 Å². The van der Waals surface area contributed by atoms with Gasteiger partial charge in [-0.05, 0) is 50.1 Å². The summed E-state index contributed by atoms with van der Waals surface area (Å²) in [7, 11) is 0. The van der Waals surface area contributed by atoms with E-state index < -0.39 is 0 Å². The molecular formula is C16H20BrN3S. The molecule has 0 atom stereocenters. The predicted molar refractivity (Wildman–Crippen MR) is 97.0 cm³/mol. The molecule has 1 aromatic heterocycles. The van der Waals surface area contributed by atoms with Gasteiger partial charge in [0.1, 0.15) is 0 Å². The number of hydrogen-bond acceptors (Lipinski definition) is 4. The molecule has 3 nitrogen and oxygen atoms in total. The Morgan fingerprint density at radius 2 is 2.05 bits per heavy atom. The van der Waals surface area contributed by atoms with Gasteiger partial charge in [0.05, 0.1) is 23.1 Å². The van der Waals surface area contributed by atoms with Crippen LogP contribution in [0.3, 0.4) is 0 Å². The summed E-state index contributed by atoms with van der Waals surface area (Å²) in [5.74, 6) is 0. The van der Waals surface area contributed by atoms with Crippen LogP contribution in [0.1, 0.15) is 25.7 Å². The monoisotopic (exact) mass is 365 g/mol. The second-order valence-electron chi connectivity index (χ2n) is 5.60. The van der Waals surface area contributed by atoms with Gasteiger partial charge in [-0.25, -0.2) is 0 Å². The largest absolute Gasteiger partial charge is 0.396 e. The number of halogens is 1. The fourth-order valence-corrected chi connectivity index (χ4v) is 4.09. The maximum atomic E-state index is 6.16. The number of anilines is 2. The average molecular weight is 366 g/mol. The summed E-state index contributed by atoms with van der Waals surface area (Å²) in [5.41, 5.74) is 8.91. The molecular weight excluding hydrogens is 346 g/mol. The summed E-state index contributed by atoms with van der Waals surface area (Å²) in [6, 6.07) is 6.64. The first-order valence-electron chi connectivity index (χ1n) is 7.30. The summed E-state index contributed by atoms with van der Waals surface area (Å²) < 4.78 is 1.05. The van der Waals surface area contributed by atoms with E-state index in [0.29, 0.717) is 6.04 Å². The van der Waals surface area contributed by atoms with Crippen LogP contribution < -0.4 is 11.1 Å². The van der Waals surface area contributed by atoms with E-state index in [1.807, 2.05) is 23.9 Å². The van der Waals surface area contributed by atoms with E-state index in [1.54, 1.807) is 6.20 Å². The molecule has 3 rings (SSSR count). The van der Waals surface area contributed by atoms with Crippen LogP contribution in [-0.2, 0) is 0 Å². The SMILES string of the molecule is CSC1CCC(Nc2c(N)cnc3ccc(Br)cc23)CC1. The second-order valence-corrected chi connectivity index (χ2v) is 7.66. The van der Waals surface area contributed by atoms with Gasteiger partial charge in [-0.2, -0.15) is 11.8 Å². The number of benzene rings is 1. The number of nitrogen functional groups attached to an aromatic ring is 1. The van der Waals surface area contributed by atoms with Gasteiger partial charge in [0.15, 0.2) is 0 Å². The molecule has 3 N–H and O–H groups in total. The lowest BCUT2D eigenvalue weighted by Gasteiger charge is -2.29. The zero-order valence-electron chi connectivity index (χ0n) is 12.1. The zero-order chi connectivity index (χ0) is 14.8. The van der Waals surface area contributed by atoms with E-state index in [1.165, 1.54) is 25.7 Å². The molecule has 0 radical (unpaired) electrons. The number of nitrogens with two attached hydrogens (primary N) is 1. The van der Waals surface area contributed by atoms with Crippen molar-refractivity contribution in [1.29, 1.82) is 0 Å². The van der Waals surface area contributed by atoms with E-state index in [9.17, 15) is 0 Å². The molecule has 0 aliphatic heterocycles. The first-order chi connectivity index (χ1) is 10.2. The summed E-state index contributed by atoms with van der Waals surface area (Å²) in [5, 5.41) is 5.59. The Balaban J connectivity index is 1.86. The molecule has 1 saturated carbocycles. The molecule has 5 heteroatoms. The highest BCUT2D eigenvalue weighted by Crippen LogP contribution is 2.34. The lowest BCUT2D eigenvalue weighted by Crippen LogP contribution is -2.27. The second kappa shape index (κ2) is 6.44. The van der Waals surface area contributed by atoms with Crippen LogP contribution in [0.2, 0.25) is 0 Å². The van der Waals surface area contributed by atoms with E-state index >= 15 is 0 Å². The molecule has 0 saturated heterocycles.